The lowest BCUT2D eigenvalue weighted by Crippen LogP contribution is -2.53. The Morgan fingerprint density at radius 2 is 1.86 bits per heavy atom. The number of carbonyl (C=O) groups excluding carboxylic acids is 1. The van der Waals surface area contributed by atoms with Crippen LogP contribution in [0.3, 0.4) is 0 Å². The van der Waals surface area contributed by atoms with Gasteiger partial charge in [-0.15, -0.1) is 0 Å². The minimum absolute atomic E-state index is 0.0292. The van der Waals surface area contributed by atoms with E-state index in [9.17, 15) is 9.90 Å². The first-order valence-electron chi connectivity index (χ1n) is 12.2. The molecule has 28 heavy (non-hydrogen) atoms. The van der Waals surface area contributed by atoms with Gasteiger partial charge in [-0.2, -0.15) is 0 Å². The topological polar surface area (TPSA) is 37.3 Å². The van der Waals surface area contributed by atoms with E-state index in [4.69, 9.17) is 0 Å². The summed E-state index contributed by atoms with van der Waals surface area (Å²) in [7, 11) is 0. The Bertz CT molecular complexity index is 610. The molecule has 4 aliphatic rings. The van der Waals surface area contributed by atoms with Crippen LogP contribution in [-0.4, -0.2) is 10.9 Å². The van der Waals surface area contributed by atoms with Gasteiger partial charge in [-0.25, -0.2) is 0 Å². The van der Waals surface area contributed by atoms with E-state index in [0.717, 1.165) is 42.9 Å². The minimum Gasteiger partial charge on any atom is -0.513 e. The molecule has 158 valence electrons. The summed E-state index contributed by atoms with van der Waals surface area (Å²) in [5.74, 6) is 5.17. The minimum atomic E-state index is 0.0292. The maximum atomic E-state index is 12.6. The SMILES string of the molecule is C=C(O)CCCCCC1CCC2(C)C(CCC3C4CCC(=O)C4(C)CCC32)C1. The molecule has 0 heterocycles. The van der Waals surface area contributed by atoms with Crippen LogP contribution in [0.1, 0.15) is 104 Å². The molecule has 1 N–H and O–H groups in total. The highest BCUT2D eigenvalue weighted by atomic mass is 16.3. The fraction of sp³-hybridized carbons (Fsp3) is 0.885. The van der Waals surface area contributed by atoms with Gasteiger partial charge in [0.15, 0.2) is 0 Å². The summed E-state index contributed by atoms with van der Waals surface area (Å²) < 4.78 is 0. The van der Waals surface area contributed by atoms with Gasteiger partial charge in [0.05, 0.1) is 5.76 Å². The molecule has 2 nitrogen and oxygen atoms in total. The fourth-order valence-corrected chi connectivity index (χ4v) is 8.32. The fourth-order valence-electron chi connectivity index (χ4n) is 8.32. The lowest BCUT2D eigenvalue weighted by Gasteiger charge is -2.60. The average Bonchev–Trinajstić information content (AvgIpc) is 2.96. The van der Waals surface area contributed by atoms with E-state index in [1.807, 2.05) is 0 Å². The summed E-state index contributed by atoms with van der Waals surface area (Å²) in [6, 6.07) is 0. The van der Waals surface area contributed by atoms with Crippen LogP contribution >= 0.6 is 0 Å². The Hall–Kier alpha value is -0.790. The predicted molar refractivity (Wildman–Crippen MR) is 115 cm³/mol. The lowest BCUT2D eigenvalue weighted by atomic mass is 9.44. The van der Waals surface area contributed by atoms with Crippen molar-refractivity contribution in [1.82, 2.24) is 0 Å². The van der Waals surface area contributed by atoms with Crippen LogP contribution in [-0.2, 0) is 4.79 Å². The third kappa shape index (κ3) is 3.47. The number of unbranched alkanes of at least 4 members (excludes halogenated alkanes) is 2. The first-order valence-corrected chi connectivity index (χ1v) is 12.2. The molecule has 7 atom stereocenters. The molecule has 7 unspecified atom stereocenters. The zero-order valence-electron chi connectivity index (χ0n) is 18.3. The molecule has 0 saturated heterocycles. The Kier molecular flexibility index (Phi) is 5.71. The van der Waals surface area contributed by atoms with Gasteiger partial charge in [-0.1, -0.05) is 39.7 Å². The first kappa shape index (κ1) is 20.5. The van der Waals surface area contributed by atoms with Crippen molar-refractivity contribution in [3.8, 4) is 0 Å². The highest BCUT2D eigenvalue weighted by Gasteiger charge is 2.60. The molecular weight excluding hydrogens is 344 g/mol. The number of aliphatic hydroxyl groups excluding tert-OH is 1. The van der Waals surface area contributed by atoms with E-state index in [1.165, 1.54) is 70.6 Å². The van der Waals surface area contributed by atoms with E-state index in [1.54, 1.807) is 0 Å². The standard InChI is InChI=1S/C26H42O2/c1-18(27)7-5-4-6-8-19-13-15-25(2)20(17-19)9-10-21-22-11-12-24(28)26(22,3)16-14-23(21)25/h19-23,27H,1,4-17H2,2-3H3. The smallest absolute Gasteiger partial charge is 0.139 e. The second kappa shape index (κ2) is 7.80. The van der Waals surface area contributed by atoms with Crippen molar-refractivity contribution in [3.05, 3.63) is 12.3 Å². The molecule has 4 saturated carbocycles. The van der Waals surface area contributed by atoms with Crippen LogP contribution in [0.25, 0.3) is 0 Å². The number of hydrogen-bond acceptors (Lipinski definition) is 2. The van der Waals surface area contributed by atoms with Crippen LogP contribution in [0.15, 0.2) is 12.3 Å². The average molecular weight is 387 g/mol. The number of fused-ring (bicyclic) bond motifs is 5. The zero-order valence-corrected chi connectivity index (χ0v) is 18.3. The maximum absolute atomic E-state index is 12.6. The molecule has 0 spiro atoms. The number of carbonyl (C=O) groups is 1. The summed E-state index contributed by atoms with van der Waals surface area (Å²) in [5, 5.41) is 9.23. The predicted octanol–water partition coefficient (Wildman–Crippen LogP) is 7.24. The third-order valence-electron chi connectivity index (χ3n) is 10.1. The third-order valence-corrected chi connectivity index (χ3v) is 10.1. The molecule has 0 aromatic rings. The van der Waals surface area contributed by atoms with Crippen molar-refractivity contribution in [2.24, 2.45) is 40.4 Å². The quantitative estimate of drug-likeness (QED) is 0.386. The number of Topliss-reactive ketones (excluding diaryl/α,β-unsaturated/α-hetero) is 1. The summed E-state index contributed by atoms with van der Waals surface area (Å²) in [6.45, 7) is 8.54. The molecule has 4 rings (SSSR count). The Balaban J connectivity index is 1.34. The van der Waals surface area contributed by atoms with Crippen LogP contribution in [0.5, 0.6) is 0 Å². The van der Waals surface area contributed by atoms with Gasteiger partial charge in [0.25, 0.3) is 0 Å². The molecule has 4 fully saturated rings. The van der Waals surface area contributed by atoms with Crippen LogP contribution < -0.4 is 0 Å². The number of rotatable bonds is 6. The Labute approximate surface area is 172 Å². The van der Waals surface area contributed by atoms with Crippen molar-refractivity contribution >= 4 is 5.78 Å². The monoisotopic (exact) mass is 386 g/mol. The largest absolute Gasteiger partial charge is 0.513 e. The molecule has 4 aliphatic carbocycles. The van der Waals surface area contributed by atoms with Gasteiger partial charge in [0, 0.05) is 18.3 Å². The summed E-state index contributed by atoms with van der Waals surface area (Å²) in [6.07, 6.45) is 17.4. The van der Waals surface area contributed by atoms with Crippen molar-refractivity contribution in [3.63, 3.8) is 0 Å². The number of ketones is 1. The lowest BCUT2D eigenvalue weighted by molar-refractivity contribution is -0.140. The first-order chi connectivity index (χ1) is 13.3. The van der Waals surface area contributed by atoms with Gasteiger partial charge in [-0.3, -0.25) is 4.79 Å². The van der Waals surface area contributed by atoms with E-state index in [2.05, 4.69) is 20.4 Å². The maximum Gasteiger partial charge on any atom is 0.139 e. The summed E-state index contributed by atoms with van der Waals surface area (Å²) >= 11 is 0. The number of hydrogen-bond donors (Lipinski definition) is 1. The van der Waals surface area contributed by atoms with Gasteiger partial charge in [-0.05, 0) is 92.8 Å². The molecule has 2 heteroatoms. The van der Waals surface area contributed by atoms with Crippen LogP contribution in [0.4, 0.5) is 0 Å². The molecule has 0 bridgehead atoms. The van der Waals surface area contributed by atoms with Crippen LogP contribution in [0, 0.1) is 40.4 Å². The van der Waals surface area contributed by atoms with E-state index < -0.39 is 0 Å². The summed E-state index contributed by atoms with van der Waals surface area (Å²) in [4.78, 5) is 12.6. The van der Waals surface area contributed by atoms with Crippen molar-refractivity contribution in [2.45, 2.75) is 104 Å². The second-order valence-corrected chi connectivity index (χ2v) is 11.4. The van der Waals surface area contributed by atoms with E-state index in [-0.39, 0.29) is 5.41 Å². The molecule has 0 radical (unpaired) electrons. The van der Waals surface area contributed by atoms with Crippen LogP contribution in [0.2, 0.25) is 0 Å². The Morgan fingerprint density at radius 1 is 1.04 bits per heavy atom. The van der Waals surface area contributed by atoms with E-state index in [0.29, 0.717) is 22.9 Å². The molecule has 0 aliphatic heterocycles. The molecule has 0 aromatic carbocycles. The van der Waals surface area contributed by atoms with Gasteiger partial charge in [0.2, 0.25) is 0 Å². The highest BCUT2D eigenvalue weighted by molar-refractivity contribution is 5.87. The molecule has 0 amide bonds. The van der Waals surface area contributed by atoms with Gasteiger partial charge >= 0.3 is 0 Å². The Morgan fingerprint density at radius 3 is 2.64 bits per heavy atom. The van der Waals surface area contributed by atoms with Gasteiger partial charge in [0.1, 0.15) is 5.78 Å². The molecule has 0 aromatic heterocycles. The van der Waals surface area contributed by atoms with E-state index >= 15 is 0 Å². The van der Waals surface area contributed by atoms with Crippen molar-refractivity contribution < 1.29 is 9.90 Å². The number of allylic oxidation sites excluding steroid dienone is 1. The highest BCUT2D eigenvalue weighted by Crippen LogP contribution is 2.66. The number of aliphatic hydroxyl groups is 1. The normalized spacial score (nSPS) is 45.2. The van der Waals surface area contributed by atoms with Gasteiger partial charge < -0.3 is 5.11 Å². The summed E-state index contributed by atoms with van der Waals surface area (Å²) in [5.41, 5.74) is 0.572. The van der Waals surface area contributed by atoms with Crippen molar-refractivity contribution in [1.29, 1.82) is 0 Å². The zero-order chi connectivity index (χ0) is 19.9. The molecular formula is C26H42O2. The second-order valence-electron chi connectivity index (χ2n) is 11.4. The van der Waals surface area contributed by atoms with Crippen molar-refractivity contribution in [2.75, 3.05) is 0 Å².